The minimum Gasteiger partial charge on any atom is -0.439 e. The summed E-state index contributed by atoms with van der Waals surface area (Å²) in [5.41, 5.74) is 2.83. The lowest BCUT2D eigenvalue weighted by Crippen LogP contribution is -2.24. The minimum atomic E-state index is 0.178. The van der Waals surface area contributed by atoms with Crippen LogP contribution < -0.4 is 10.2 Å². The largest absolute Gasteiger partial charge is 0.439 e. The summed E-state index contributed by atoms with van der Waals surface area (Å²) in [4.78, 5) is 18.2. The van der Waals surface area contributed by atoms with Crippen molar-refractivity contribution in [1.82, 2.24) is 4.98 Å². The lowest BCUT2D eigenvalue weighted by molar-refractivity contribution is -0.117. The molecule has 1 aliphatic rings. The van der Waals surface area contributed by atoms with Gasteiger partial charge in [-0.3, -0.25) is 4.79 Å². The molecule has 126 valence electrons. The Morgan fingerprint density at radius 1 is 1.08 bits per heavy atom. The van der Waals surface area contributed by atoms with Gasteiger partial charge in [0.25, 0.3) is 0 Å². The number of nitrogens with one attached hydrogen (secondary N) is 1. The van der Waals surface area contributed by atoms with Crippen LogP contribution in [-0.4, -0.2) is 17.4 Å². The van der Waals surface area contributed by atoms with Crippen LogP contribution in [0.5, 0.6) is 0 Å². The van der Waals surface area contributed by atoms with E-state index in [2.05, 4.69) is 10.3 Å². The molecule has 5 nitrogen and oxygen atoms in total. The number of oxazole rings is 1. The van der Waals surface area contributed by atoms with Crippen molar-refractivity contribution in [3.8, 4) is 11.3 Å². The predicted octanol–water partition coefficient (Wildman–Crippen LogP) is 4.08. The first-order chi connectivity index (χ1) is 12.3. The first-order valence-electron chi connectivity index (χ1n) is 8.44. The van der Waals surface area contributed by atoms with Gasteiger partial charge in [0.15, 0.2) is 5.76 Å². The maximum absolute atomic E-state index is 12.0. The number of amides is 1. The fourth-order valence-corrected chi connectivity index (χ4v) is 3.06. The number of anilines is 2. The van der Waals surface area contributed by atoms with E-state index in [1.54, 1.807) is 6.20 Å². The zero-order valence-electron chi connectivity index (χ0n) is 13.8. The zero-order chi connectivity index (χ0) is 17.1. The topological polar surface area (TPSA) is 58.4 Å². The molecule has 1 saturated heterocycles. The molecule has 2 heterocycles. The van der Waals surface area contributed by atoms with Crippen LogP contribution in [0.25, 0.3) is 11.3 Å². The van der Waals surface area contributed by atoms with Gasteiger partial charge in [0, 0.05) is 18.5 Å². The molecule has 0 unspecified atom stereocenters. The summed E-state index contributed by atoms with van der Waals surface area (Å²) in [5, 5.41) is 3.34. The van der Waals surface area contributed by atoms with Crippen LogP contribution in [-0.2, 0) is 11.3 Å². The lowest BCUT2D eigenvalue weighted by Gasteiger charge is -2.20. The van der Waals surface area contributed by atoms with E-state index < -0.39 is 0 Å². The summed E-state index contributed by atoms with van der Waals surface area (Å²) < 4.78 is 5.82. The van der Waals surface area contributed by atoms with E-state index >= 15 is 0 Å². The van der Waals surface area contributed by atoms with Crippen LogP contribution in [0.4, 0.5) is 11.4 Å². The van der Waals surface area contributed by atoms with Crippen LogP contribution >= 0.6 is 0 Å². The van der Waals surface area contributed by atoms with E-state index in [9.17, 15) is 4.79 Å². The highest BCUT2D eigenvalue weighted by Crippen LogP contribution is 2.30. The Hall–Kier alpha value is -3.08. The Bertz CT molecular complexity index is 873. The van der Waals surface area contributed by atoms with E-state index in [0.717, 1.165) is 35.7 Å². The number of rotatable bonds is 5. The van der Waals surface area contributed by atoms with E-state index in [0.29, 0.717) is 18.9 Å². The summed E-state index contributed by atoms with van der Waals surface area (Å²) in [6.07, 6.45) is 3.27. The van der Waals surface area contributed by atoms with Crippen molar-refractivity contribution < 1.29 is 9.21 Å². The van der Waals surface area contributed by atoms with E-state index in [4.69, 9.17) is 4.42 Å². The van der Waals surface area contributed by atoms with Gasteiger partial charge in [-0.15, -0.1) is 0 Å². The van der Waals surface area contributed by atoms with Crippen LogP contribution in [0.15, 0.2) is 65.2 Å². The summed E-state index contributed by atoms with van der Waals surface area (Å²) in [5.74, 6) is 1.54. The third-order valence-corrected chi connectivity index (χ3v) is 4.31. The fraction of sp³-hybridized carbons (Fsp3) is 0.200. The lowest BCUT2D eigenvalue weighted by atomic mass is 10.2. The van der Waals surface area contributed by atoms with E-state index in [1.165, 1.54) is 0 Å². The maximum atomic E-state index is 12.0. The van der Waals surface area contributed by atoms with Crippen molar-refractivity contribution >= 4 is 17.3 Å². The van der Waals surface area contributed by atoms with Gasteiger partial charge in [-0.05, 0) is 18.6 Å². The fourth-order valence-electron chi connectivity index (χ4n) is 3.06. The number of para-hydroxylation sites is 2. The van der Waals surface area contributed by atoms with Gasteiger partial charge in [-0.2, -0.15) is 0 Å². The Morgan fingerprint density at radius 3 is 2.68 bits per heavy atom. The molecule has 1 N–H and O–H groups in total. The average molecular weight is 333 g/mol. The molecular weight excluding hydrogens is 314 g/mol. The van der Waals surface area contributed by atoms with Crippen molar-refractivity contribution in [3.63, 3.8) is 0 Å². The number of carbonyl (C=O) groups excluding carboxylic acids is 1. The molecule has 0 bridgehead atoms. The van der Waals surface area contributed by atoms with Crippen molar-refractivity contribution in [2.75, 3.05) is 16.8 Å². The number of hydrogen-bond donors (Lipinski definition) is 1. The molecule has 1 aliphatic heterocycles. The third kappa shape index (κ3) is 3.26. The summed E-state index contributed by atoms with van der Waals surface area (Å²) in [6.45, 7) is 1.24. The number of aromatic nitrogens is 1. The molecule has 1 aromatic heterocycles. The zero-order valence-corrected chi connectivity index (χ0v) is 13.8. The number of nitrogens with zero attached hydrogens (tertiary/aromatic N) is 2. The van der Waals surface area contributed by atoms with Gasteiger partial charge in [-0.25, -0.2) is 4.98 Å². The molecule has 3 aromatic rings. The summed E-state index contributed by atoms with van der Waals surface area (Å²) in [7, 11) is 0. The summed E-state index contributed by atoms with van der Waals surface area (Å²) in [6, 6.07) is 17.7. The standard InChI is InChI=1S/C20H19N3O2/c24-20-11-6-12-23(20)17-10-5-4-9-16(17)21-14-19-22-13-18(25-19)15-7-2-1-3-8-15/h1-5,7-10,13,21H,6,11-12,14H2. The predicted molar refractivity (Wildman–Crippen MR) is 97.3 cm³/mol. The number of hydrogen-bond acceptors (Lipinski definition) is 4. The first-order valence-corrected chi connectivity index (χ1v) is 8.44. The second-order valence-corrected chi connectivity index (χ2v) is 6.00. The average Bonchev–Trinajstić information content (AvgIpc) is 3.30. The van der Waals surface area contributed by atoms with Gasteiger partial charge in [-0.1, -0.05) is 42.5 Å². The van der Waals surface area contributed by atoms with Gasteiger partial charge in [0.05, 0.1) is 24.1 Å². The molecule has 0 saturated carbocycles. The molecule has 0 spiro atoms. The smallest absolute Gasteiger partial charge is 0.227 e. The molecule has 1 amide bonds. The van der Waals surface area contributed by atoms with Crippen molar-refractivity contribution in [1.29, 1.82) is 0 Å². The van der Waals surface area contributed by atoms with Gasteiger partial charge < -0.3 is 14.6 Å². The maximum Gasteiger partial charge on any atom is 0.227 e. The molecule has 2 aromatic carbocycles. The molecule has 5 heteroatoms. The Labute approximate surface area is 146 Å². The Balaban J connectivity index is 1.49. The van der Waals surface area contributed by atoms with Gasteiger partial charge in [0.1, 0.15) is 0 Å². The minimum absolute atomic E-state index is 0.178. The SMILES string of the molecule is O=C1CCCN1c1ccccc1NCc1ncc(-c2ccccc2)o1. The highest BCUT2D eigenvalue weighted by atomic mass is 16.4. The quantitative estimate of drug-likeness (QED) is 0.764. The van der Waals surface area contributed by atoms with Crippen molar-refractivity contribution in [2.24, 2.45) is 0 Å². The second-order valence-electron chi connectivity index (χ2n) is 6.00. The van der Waals surface area contributed by atoms with Crippen LogP contribution in [0.2, 0.25) is 0 Å². The number of carbonyl (C=O) groups is 1. The molecule has 4 rings (SSSR count). The van der Waals surface area contributed by atoms with Crippen LogP contribution in [0, 0.1) is 0 Å². The molecule has 1 fully saturated rings. The Morgan fingerprint density at radius 2 is 1.88 bits per heavy atom. The van der Waals surface area contributed by atoms with Gasteiger partial charge >= 0.3 is 0 Å². The molecule has 0 atom stereocenters. The molecular formula is C20H19N3O2. The van der Waals surface area contributed by atoms with Crippen molar-refractivity contribution in [2.45, 2.75) is 19.4 Å². The number of benzene rings is 2. The van der Waals surface area contributed by atoms with Crippen LogP contribution in [0.3, 0.4) is 0 Å². The van der Waals surface area contributed by atoms with E-state index in [-0.39, 0.29) is 5.91 Å². The van der Waals surface area contributed by atoms with Crippen LogP contribution in [0.1, 0.15) is 18.7 Å². The van der Waals surface area contributed by atoms with Crippen molar-refractivity contribution in [3.05, 3.63) is 66.7 Å². The third-order valence-electron chi connectivity index (χ3n) is 4.31. The second kappa shape index (κ2) is 6.81. The highest BCUT2D eigenvalue weighted by Gasteiger charge is 2.23. The normalized spacial score (nSPS) is 14.1. The Kier molecular flexibility index (Phi) is 4.21. The monoisotopic (exact) mass is 333 g/mol. The van der Waals surface area contributed by atoms with E-state index in [1.807, 2.05) is 59.5 Å². The highest BCUT2D eigenvalue weighted by molar-refractivity contribution is 5.98. The molecule has 25 heavy (non-hydrogen) atoms. The summed E-state index contributed by atoms with van der Waals surface area (Å²) >= 11 is 0. The first kappa shape index (κ1) is 15.4. The van der Waals surface area contributed by atoms with Gasteiger partial charge in [0.2, 0.25) is 11.8 Å². The molecule has 0 aliphatic carbocycles. The molecule has 0 radical (unpaired) electrons.